The van der Waals surface area contributed by atoms with Crippen molar-refractivity contribution in [2.24, 2.45) is 0 Å². The zero-order valence-corrected chi connectivity index (χ0v) is 11.4. The minimum Gasteiger partial charge on any atom is -0.467 e. The Hall–Kier alpha value is -1.66. The molecule has 0 saturated carbocycles. The van der Waals surface area contributed by atoms with E-state index in [9.17, 15) is 9.90 Å². The van der Waals surface area contributed by atoms with Crippen LogP contribution in [0.4, 0.5) is 0 Å². The molecule has 1 unspecified atom stereocenters. The Morgan fingerprint density at radius 2 is 2.47 bits per heavy atom. The molecule has 0 bridgehead atoms. The molecular weight excluding hydrogens is 264 g/mol. The SMILES string of the molecule is CCc1nc(CC(=O)NC(CO)c2ccco2)cs1. The Morgan fingerprint density at radius 3 is 3.05 bits per heavy atom. The number of aliphatic hydroxyl groups is 1. The van der Waals surface area contributed by atoms with Crippen molar-refractivity contribution >= 4 is 17.2 Å². The zero-order valence-electron chi connectivity index (χ0n) is 10.6. The van der Waals surface area contributed by atoms with Crippen LogP contribution in [-0.4, -0.2) is 22.6 Å². The van der Waals surface area contributed by atoms with Crippen molar-refractivity contribution in [3.8, 4) is 0 Å². The lowest BCUT2D eigenvalue weighted by molar-refractivity contribution is -0.121. The van der Waals surface area contributed by atoms with Crippen LogP contribution >= 0.6 is 11.3 Å². The van der Waals surface area contributed by atoms with Gasteiger partial charge in [0.05, 0.1) is 30.0 Å². The average Bonchev–Trinajstić information content (AvgIpc) is 3.06. The number of carbonyl (C=O) groups excluding carboxylic acids is 1. The summed E-state index contributed by atoms with van der Waals surface area (Å²) in [5.74, 6) is 0.367. The molecular formula is C13H16N2O3S. The number of rotatable bonds is 6. The van der Waals surface area contributed by atoms with E-state index in [0.717, 1.165) is 17.1 Å². The summed E-state index contributed by atoms with van der Waals surface area (Å²) in [5, 5.41) is 14.9. The molecule has 1 amide bonds. The minimum atomic E-state index is -0.508. The summed E-state index contributed by atoms with van der Waals surface area (Å²) in [6.45, 7) is 1.83. The first-order valence-electron chi connectivity index (χ1n) is 6.09. The monoisotopic (exact) mass is 280 g/mol. The number of nitrogens with one attached hydrogen (secondary N) is 1. The second-order valence-electron chi connectivity index (χ2n) is 4.08. The normalized spacial score (nSPS) is 12.3. The Bertz CT molecular complexity index is 522. The molecule has 0 fully saturated rings. The Morgan fingerprint density at radius 1 is 1.63 bits per heavy atom. The van der Waals surface area contributed by atoms with Crippen LogP contribution < -0.4 is 5.32 Å². The van der Waals surface area contributed by atoms with Crippen molar-refractivity contribution in [3.63, 3.8) is 0 Å². The van der Waals surface area contributed by atoms with Gasteiger partial charge >= 0.3 is 0 Å². The summed E-state index contributed by atoms with van der Waals surface area (Å²) in [5.41, 5.74) is 0.760. The number of aliphatic hydroxyl groups excluding tert-OH is 1. The van der Waals surface area contributed by atoms with Gasteiger partial charge in [-0.25, -0.2) is 4.98 Å². The van der Waals surface area contributed by atoms with E-state index in [0.29, 0.717) is 5.76 Å². The first-order valence-corrected chi connectivity index (χ1v) is 6.97. The van der Waals surface area contributed by atoms with Crippen molar-refractivity contribution < 1.29 is 14.3 Å². The van der Waals surface area contributed by atoms with Gasteiger partial charge in [-0.3, -0.25) is 4.79 Å². The number of furan rings is 1. The highest BCUT2D eigenvalue weighted by Crippen LogP contribution is 2.14. The lowest BCUT2D eigenvalue weighted by Crippen LogP contribution is -2.31. The van der Waals surface area contributed by atoms with Crippen molar-refractivity contribution in [3.05, 3.63) is 40.2 Å². The molecule has 0 spiro atoms. The highest BCUT2D eigenvalue weighted by atomic mass is 32.1. The van der Waals surface area contributed by atoms with E-state index in [1.54, 1.807) is 23.5 Å². The summed E-state index contributed by atoms with van der Waals surface area (Å²) in [6, 6.07) is 2.93. The molecule has 102 valence electrons. The van der Waals surface area contributed by atoms with Gasteiger partial charge in [-0.1, -0.05) is 6.92 Å². The van der Waals surface area contributed by atoms with Crippen LogP contribution in [0, 0.1) is 0 Å². The number of thiazole rings is 1. The second-order valence-corrected chi connectivity index (χ2v) is 5.02. The number of nitrogens with zero attached hydrogens (tertiary/aromatic N) is 1. The fourth-order valence-corrected chi connectivity index (χ4v) is 2.44. The van der Waals surface area contributed by atoms with Gasteiger partial charge in [0, 0.05) is 5.38 Å². The fraction of sp³-hybridized carbons (Fsp3) is 0.385. The number of aryl methyl sites for hydroxylation is 1. The van der Waals surface area contributed by atoms with Gasteiger partial charge in [0.25, 0.3) is 0 Å². The topological polar surface area (TPSA) is 75.4 Å². The molecule has 0 aromatic carbocycles. The number of hydrogen-bond acceptors (Lipinski definition) is 5. The van der Waals surface area contributed by atoms with E-state index < -0.39 is 6.04 Å². The standard InChI is InChI=1S/C13H16N2O3S/c1-2-13-14-9(8-19-13)6-12(17)15-10(7-16)11-4-3-5-18-11/h3-5,8,10,16H,2,6-7H2,1H3,(H,15,17). The lowest BCUT2D eigenvalue weighted by atomic mass is 10.2. The van der Waals surface area contributed by atoms with Crippen molar-refractivity contribution in [2.75, 3.05) is 6.61 Å². The fourth-order valence-electron chi connectivity index (χ4n) is 1.70. The first kappa shape index (κ1) is 13.8. The van der Waals surface area contributed by atoms with E-state index in [4.69, 9.17) is 4.42 Å². The van der Waals surface area contributed by atoms with Crippen LogP contribution in [0.25, 0.3) is 0 Å². The van der Waals surface area contributed by atoms with E-state index >= 15 is 0 Å². The molecule has 0 aliphatic carbocycles. The van der Waals surface area contributed by atoms with Crippen molar-refractivity contribution in [1.29, 1.82) is 0 Å². The number of carbonyl (C=O) groups is 1. The van der Waals surface area contributed by atoms with E-state index in [1.165, 1.54) is 6.26 Å². The molecule has 2 N–H and O–H groups in total. The van der Waals surface area contributed by atoms with E-state index in [-0.39, 0.29) is 18.9 Å². The third kappa shape index (κ3) is 3.65. The van der Waals surface area contributed by atoms with E-state index in [1.807, 2.05) is 12.3 Å². The molecule has 2 rings (SSSR count). The van der Waals surface area contributed by atoms with Crippen LogP contribution in [-0.2, 0) is 17.6 Å². The maximum atomic E-state index is 11.9. The summed E-state index contributed by atoms with van der Waals surface area (Å²) >= 11 is 1.55. The predicted molar refractivity (Wildman–Crippen MR) is 71.9 cm³/mol. The summed E-state index contributed by atoms with van der Waals surface area (Å²) < 4.78 is 5.17. The number of aromatic nitrogens is 1. The van der Waals surface area contributed by atoms with Crippen LogP contribution in [0.15, 0.2) is 28.2 Å². The van der Waals surface area contributed by atoms with Crippen LogP contribution in [0.1, 0.15) is 29.4 Å². The summed E-state index contributed by atoms with van der Waals surface area (Å²) in [4.78, 5) is 16.2. The van der Waals surface area contributed by atoms with Gasteiger partial charge in [0.2, 0.25) is 5.91 Å². The van der Waals surface area contributed by atoms with Gasteiger partial charge in [0.1, 0.15) is 11.8 Å². The highest BCUT2D eigenvalue weighted by molar-refractivity contribution is 7.09. The van der Waals surface area contributed by atoms with Crippen molar-refractivity contribution in [2.45, 2.75) is 25.8 Å². The smallest absolute Gasteiger partial charge is 0.226 e. The number of hydrogen-bond donors (Lipinski definition) is 2. The van der Waals surface area contributed by atoms with Gasteiger partial charge in [-0.15, -0.1) is 11.3 Å². The van der Waals surface area contributed by atoms with Crippen LogP contribution in [0.5, 0.6) is 0 Å². The minimum absolute atomic E-state index is 0.177. The summed E-state index contributed by atoms with van der Waals surface area (Å²) in [6.07, 6.45) is 2.60. The van der Waals surface area contributed by atoms with Crippen molar-refractivity contribution in [1.82, 2.24) is 10.3 Å². The molecule has 2 aromatic heterocycles. The maximum Gasteiger partial charge on any atom is 0.226 e. The Kier molecular flexibility index (Phi) is 4.70. The molecule has 6 heteroatoms. The quantitative estimate of drug-likeness (QED) is 0.844. The lowest BCUT2D eigenvalue weighted by Gasteiger charge is -2.13. The van der Waals surface area contributed by atoms with Crippen LogP contribution in [0.2, 0.25) is 0 Å². The molecule has 0 radical (unpaired) electrons. The maximum absolute atomic E-state index is 11.9. The third-order valence-electron chi connectivity index (χ3n) is 2.65. The molecule has 0 aliphatic rings. The Balaban J connectivity index is 1.93. The average molecular weight is 280 g/mol. The molecule has 1 atom stereocenters. The molecule has 0 aliphatic heterocycles. The van der Waals surface area contributed by atoms with Gasteiger partial charge in [-0.2, -0.15) is 0 Å². The first-order chi connectivity index (χ1) is 9.22. The third-order valence-corrected chi connectivity index (χ3v) is 3.69. The summed E-state index contributed by atoms with van der Waals surface area (Å²) in [7, 11) is 0. The molecule has 0 saturated heterocycles. The Labute approximate surface area is 115 Å². The largest absolute Gasteiger partial charge is 0.467 e. The molecule has 2 heterocycles. The molecule has 2 aromatic rings. The zero-order chi connectivity index (χ0) is 13.7. The second kappa shape index (κ2) is 6.49. The molecule has 19 heavy (non-hydrogen) atoms. The van der Waals surface area contributed by atoms with Gasteiger partial charge in [-0.05, 0) is 18.6 Å². The number of amides is 1. The highest BCUT2D eigenvalue weighted by Gasteiger charge is 2.17. The van der Waals surface area contributed by atoms with E-state index in [2.05, 4.69) is 10.3 Å². The molecule has 5 nitrogen and oxygen atoms in total. The van der Waals surface area contributed by atoms with Gasteiger partial charge < -0.3 is 14.8 Å². The predicted octanol–water partition coefficient (Wildman–Crippen LogP) is 1.69. The van der Waals surface area contributed by atoms with Gasteiger partial charge in [0.15, 0.2) is 0 Å². The van der Waals surface area contributed by atoms with Crippen LogP contribution in [0.3, 0.4) is 0 Å².